The van der Waals surface area contributed by atoms with E-state index in [4.69, 9.17) is 21.5 Å². The van der Waals surface area contributed by atoms with Gasteiger partial charge in [-0.1, -0.05) is 11.6 Å². The fourth-order valence-corrected chi connectivity index (χ4v) is 1.36. The van der Waals surface area contributed by atoms with Gasteiger partial charge in [0.15, 0.2) is 0 Å². The molecule has 0 fully saturated rings. The Morgan fingerprint density at radius 2 is 1.87 bits per heavy atom. The molecule has 3 unspecified atom stereocenters. The Labute approximate surface area is 134 Å². The van der Waals surface area contributed by atoms with Gasteiger partial charge in [-0.15, -0.1) is 0 Å². The van der Waals surface area contributed by atoms with Crippen LogP contribution in [0.4, 0.5) is 17.6 Å². The summed E-state index contributed by atoms with van der Waals surface area (Å²) in [6, 6.07) is -0.308. The van der Waals surface area contributed by atoms with Crippen LogP contribution in [0.5, 0.6) is 0 Å². The van der Waals surface area contributed by atoms with E-state index in [1.54, 1.807) is 17.8 Å². The second-order valence-electron chi connectivity index (χ2n) is 4.64. The molecule has 0 aliphatic carbocycles. The highest BCUT2D eigenvalue weighted by Gasteiger charge is 2.38. The molecule has 0 aliphatic rings. The molecule has 1 aromatic rings. The number of nitrogens with zero attached hydrogens (tertiary/aromatic N) is 2. The number of aromatic nitrogens is 2. The third-order valence-electron chi connectivity index (χ3n) is 2.68. The SMILES string of the molecule is Cc1cnn(C(C)C(C)NC(=O)C(F)Cl)c1.O=C(O)C(F)(F)F. The van der Waals surface area contributed by atoms with Crippen molar-refractivity contribution in [2.24, 2.45) is 0 Å². The summed E-state index contributed by atoms with van der Waals surface area (Å²) in [7, 11) is 0. The van der Waals surface area contributed by atoms with E-state index >= 15 is 0 Å². The molecule has 2 N–H and O–H groups in total. The van der Waals surface area contributed by atoms with Gasteiger partial charge in [0.05, 0.1) is 12.2 Å². The minimum atomic E-state index is -5.08. The minimum Gasteiger partial charge on any atom is -0.475 e. The number of aliphatic carboxylic acids is 1. The highest BCUT2D eigenvalue weighted by atomic mass is 35.5. The molecular formula is C12H16ClF4N3O3. The number of halogens is 5. The number of hydrogen-bond donors (Lipinski definition) is 2. The van der Waals surface area contributed by atoms with Crippen molar-refractivity contribution in [1.29, 1.82) is 0 Å². The Kier molecular flexibility index (Phi) is 8.01. The molecule has 11 heteroatoms. The van der Waals surface area contributed by atoms with Crippen molar-refractivity contribution in [3.8, 4) is 0 Å². The molecule has 0 bridgehead atoms. The van der Waals surface area contributed by atoms with Crippen LogP contribution < -0.4 is 5.32 Å². The lowest BCUT2D eigenvalue weighted by Crippen LogP contribution is -2.41. The van der Waals surface area contributed by atoms with Gasteiger partial charge in [-0.05, 0) is 26.3 Å². The molecule has 1 rings (SSSR count). The number of hydrogen-bond acceptors (Lipinski definition) is 3. The zero-order valence-corrected chi connectivity index (χ0v) is 13.2. The molecular weight excluding hydrogens is 346 g/mol. The molecule has 0 saturated carbocycles. The first-order valence-corrected chi connectivity index (χ1v) is 6.69. The monoisotopic (exact) mass is 361 g/mol. The first kappa shape index (κ1) is 21.2. The molecule has 1 amide bonds. The van der Waals surface area contributed by atoms with Crippen molar-refractivity contribution in [2.75, 3.05) is 0 Å². The number of alkyl halides is 5. The van der Waals surface area contributed by atoms with E-state index in [9.17, 15) is 22.4 Å². The van der Waals surface area contributed by atoms with Crippen molar-refractivity contribution in [2.45, 2.75) is 44.7 Å². The van der Waals surface area contributed by atoms with Gasteiger partial charge in [-0.3, -0.25) is 9.48 Å². The fourth-order valence-electron chi connectivity index (χ4n) is 1.29. The van der Waals surface area contributed by atoms with Crippen molar-refractivity contribution < 1.29 is 32.3 Å². The molecule has 0 aromatic carbocycles. The maximum Gasteiger partial charge on any atom is 0.490 e. The molecule has 132 valence electrons. The van der Waals surface area contributed by atoms with Crippen molar-refractivity contribution in [3.63, 3.8) is 0 Å². The van der Waals surface area contributed by atoms with Gasteiger partial charge in [0.1, 0.15) is 0 Å². The zero-order chi connectivity index (χ0) is 18.4. The topological polar surface area (TPSA) is 84.2 Å². The van der Waals surface area contributed by atoms with Crippen LogP contribution in [0.15, 0.2) is 12.4 Å². The molecule has 0 radical (unpaired) electrons. The van der Waals surface area contributed by atoms with E-state index in [2.05, 4.69) is 10.4 Å². The molecule has 23 heavy (non-hydrogen) atoms. The summed E-state index contributed by atoms with van der Waals surface area (Å²) in [6.45, 7) is 5.59. The number of amides is 1. The van der Waals surface area contributed by atoms with Crippen molar-refractivity contribution in [1.82, 2.24) is 15.1 Å². The van der Waals surface area contributed by atoms with Crippen LogP contribution in [0.1, 0.15) is 25.5 Å². The number of rotatable bonds is 4. The van der Waals surface area contributed by atoms with E-state index in [-0.39, 0.29) is 12.1 Å². The third kappa shape index (κ3) is 7.82. The number of carbonyl (C=O) groups excluding carboxylic acids is 1. The number of nitrogens with one attached hydrogen (secondary N) is 1. The summed E-state index contributed by atoms with van der Waals surface area (Å²) in [6.07, 6.45) is -1.49. The third-order valence-corrected chi connectivity index (χ3v) is 2.88. The molecule has 0 aliphatic heterocycles. The van der Waals surface area contributed by atoms with Gasteiger partial charge in [-0.2, -0.15) is 18.3 Å². The predicted octanol–water partition coefficient (Wildman–Crippen LogP) is 2.42. The van der Waals surface area contributed by atoms with E-state index < -0.39 is 23.7 Å². The van der Waals surface area contributed by atoms with Gasteiger partial charge in [-0.25, -0.2) is 9.18 Å². The summed E-state index contributed by atoms with van der Waals surface area (Å²) in [5, 5.41) is 13.7. The van der Waals surface area contributed by atoms with E-state index in [1.165, 1.54) is 0 Å². The lowest BCUT2D eigenvalue weighted by atomic mass is 10.2. The van der Waals surface area contributed by atoms with Crippen LogP contribution >= 0.6 is 11.6 Å². The Hall–Kier alpha value is -1.84. The van der Waals surface area contributed by atoms with E-state index in [0.29, 0.717) is 0 Å². The lowest BCUT2D eigenvalue weighted by molar-refractivity contribution is -0.192. The summed E-state index contributed by atoms with van der Waals surface area (Å²) >= 11 is 5.03. The molecule has 3 atom stereocenters. The Morgan fingerprint density at radius 3 is 2.17 bits per heavy atom. The predicted molar refractivity (Wildman–Crippen MR) is 73.7 cm³/mol. The Bertz CT molecular complexity index is 534. The maximum atomic E-state index is 12.5. The maximum absolute atomic E-state index is 12.5. The number of carbonyl (C=O) groups is 2. The highest BCUT2D eigenvalue weighted by molar-refractivity contribution is 6.29. The van der Waals surface area contributed by atoms with Gasteiger partial charge < -0.3 is 10.4 Å². The lowest BCUT2D eigenvalue weighted by Gasteiger charge is -2.21. The van der Waals surface area contributed by atoms with E-state index in [1.807, 2.05) is 20.0 Å². The van der Waals surface area contributed by atoms with Crippen LogP contribution in [-0.4, -0.2) is 44.6 Å². The molecule has 1 heterocycles. The normalized spacial score (nSPS) is 15.0. The Balaban J connectivity index is 0.000000585. The number of carboxylic acid groups (broad SMARTS) is 1. The van der Waals surface area contributed by atoms with Gasteiger partial charge >= 0.3 is 12.1 Å². The van der Waals surface area contributed by atoms with Gasteiger partial charge in [0.25, 0.3) is 11.5 Å². The Morgan fingerprint density at radius 1 is 1.39 bits per heavy atom. The second-order valence-corrected chi connectivity index (χ2v) is 5.02. The van der Waals surface area contributed by atoms with Crippen LogP contribution in [0.3, 0.4) is 0 Å². The quantitative estimate of drug-likeness (QED) is 0.637. The van der Waals surface area contributed by atoms with Crippen LogP contribution in [0.25, 0.3) is 0 Å². The smallest absolute Gasteiger partial charge is 0.475 e. The molecule has 6 nitrogen and oxygen atoms in total. The summed E-state index contributed by atoms with van der Waals surface area (Å²) in [4.78, 5) is 19.9. The fraction of sp³-hybridized carbons (Fsp3) is 0.583. The first-order valence-electron chi connectivity index (χ1n) is 6.25. The summed E-state index contributed by atoms with van der Waals surface area (Å²) in [5.74, 6) is -3.57. The first-order chi connectivity index (χ1) is 10.4. The van der Waals surface area contributed by atoms with Crippen LogP contribution in [-0.2, 0) is 9.59 Å². The van der Waals surface area contributed by atoms with Gasteiger partial charge in [0.2, 0.25) is 0 Å². The highest BCUT2D eigenvalue weighted by Crippen LogP contribution is 2.13. The summed E-state index contributed by atoms with van der Waals surface area (Å²) in [5.41, 5.74) is -0.972. The van der Waals surface area contributed by atoms with Crippen LogP contribution in [0, 0.1) is 6.92 Å². The summed E-state index contributed by atoms with van der Waals surface area (Å²) < 4.78 is 45.9. The average molecular weight is 362 g/mol. The standard InChI is InChI=1S/C10H15ClFN3O.C2HF3O2/c1-6-4-13-15(5-6)8(3)7(2)14-10(16)9(11)12;3-2(4,5)1(6)7/h4-5,7-9H,1-3H3,(H,14,16);(H,6,7). The molecule has 0 spiro atoms. The largest absolute Gasteiger partial charge is 0.490 e. The van der Waals surface area contributed by atoms with Crippen molar-refractivity contribution >= 4 is 23.5 Å². The van der Waals surface area contributed by atoms with Crippen LogP contribution in [0.2, 0.25) is 0 Å². The molecule has 1 aromatic heterocycles. The second kappa shape index (κ2) is 8.70. The zero-order valence-electron chi connectivity index (χ0n) is 12.4. The minimum absolute atomic E-state index is 0.0620. The van der Waals surface area contributed by atoms with Crippen molar-refractivity contribution in [3.05, 3.63) is 18.0 Å². The van der Waals surface area contributed by atoms with E-state index in [0.717, 1.165) is 5.56 Å². The number of aryl methyl sites for hydroxylation is 1. The number of carboxylic acids is 1. The average Bonchev–Trinajstić information content (AvgIpc) is 2.83. The molecule has 0 saturated heterocycles. The van der Waals surface area contributed by atoms with Gasteiger partial charge in [0, 0.05) is 12.2 Å².